The molecular formula is C15H17ClN8OS. The molecule has 3 rings (SSSR count). The van der Waals surface area contributed by atoms with E-state index >= 15 is 0 Å². The molecule has 0 atom stereocenters. The third-order valence-corrected chi connectivity index (χ3v) is 4.46. The number of benzene rings is 1. The number of nitrogens with one attached hydrogen (secondary N) is 1. The number of carbonyl (C=O) groups is 1. The van der Waals surface area contributed by atoms with E-state index < -0.39 is 0 Å². The highest BCUT2D eigenvalue weighted by atomic mass is 35.5. The Morgan fingerprint density at radius 2 is 2.15 bits per heavy atom. The van der Waals surface area contributed by atoms with Gasteiger partial charge in [-0.2, -0.15) is 5.10 Å². The number of hydrogen-bond donors (Lipinski definition) is 1. The van der Waals surface area contributed by atoms with Crippen molar-refractivity contribution in [1.82, 2.24) is 35.0 Å². The Morgan fingerprint density at radius 1 is 1.35 bits per heavy atom. The molecule has 2 aromatic heterocycles. The zero-order chi connectivity index (χ0) is 18.7. The topological polar surface area (TPSA) is 103 Å². The summed E-state index contributed by atoms with van der Waals surface area (Å²) in [6.45, 7) is 5.97. The van der Waals surface area contributed by atoms with E-state index in [1.165, 1.54) is 18.1 Å². The van der Waals surface area contributed by atoms with Crippen LogP contribution in [0.1, 0.15) is 20.8 Å². The van der Waals surface area contributed by atoms with Crippen LogP contribution < -0.4 is 5.32 Å². The number of amides is 1. The number of hydrogen-bond acceptors (Lipinski definition) is 7. The number of carbonyl (C=O) groups excluding carboxylic acids is 1. The zero-order valence-electron chi connectivity index (χ0n) is 14.4. The first-order valence-corrected chi connectivity index (χ1v) is 9.07. The van der Waals surface area contributed by atoms with Crippen molar-refractivity contribution in [1.29, 1.82) is 0 Å². The largest absolute Gasteiger partial charge is 0.323 e. The van der Waals surface area contributed by atoms with Gasteiger partial charge in [0, 0.05) is 5.02 Å². The Hall–Kier alpha value is -2.46. The summed E-state index contributed by atoms with van der Waals surface area (Å²) in [6.07, 6.45) is 2.97. The van der Waals surface area contributed by atoms with Crippen LogP contribution >= 0.6 is 23.4 Å². The number of tetrazole rings is 1. The quantitative estimate of drug-likeness (QED) is 0.665. The molecule has 0 spiro atoms. The van der Waals surface area contributed by atoms with Gasteiger partial charge in [-0.05, 0) is 49.4 Å². The predicted molar refractivity (Wildman–Crippen MR) is 98.5 cm³/mol. The lowest BCUT2D eigenvalue weighted by Gasteiger charge is -2.19. The van der Waals surface area contributed by atoms with Crippen molar-refractivity contribution in [3.63, 3.8) is 0 Å². The van der Waals surface area contributed by atoms with Crippen LogP contribution in [0.3, 0.4) is 0 Å². The summed E-state index contributed by atoms with van der Waals surface area (Å²) in [4.78, 5) is 16.3. The Morgan fingerprint density at radius 3 is 2.85 bits per heavy atom. The summed E-state index contributed by atoms with van der Waals surface area (Å²) >= 11 is 7.32. The van der Waals surface area contributed by atoms with Crippen molar-refractivity contribution in [3.8, 4) is 5.69 Å². The van der Waals surface area contributed by atoms with E-state index in [0.717, 1.165) is 0 Å². The number of halogens is 1. The van der Waals surface area contributed by atoms with Gasteiger partial charge in [-0.25, -0.2) is 14.3 Å². The summed E-state index contributed by atoms with van der Waals surface area (Å²) in [5.41, 5.74) is 0.948. The Bertz CT molecular complexity index is 903. The number of thioether (sulfide) groups is 1. The lowest BCUT2D eigenvalue weighted by molar-refractivity contribution is -0.113. The van der Waals surface area contributed by atoms with E-state index in [1.54, 1.807) is 33.9 Å². The highest BCUT2D eigenvalue weighted by Gasteiger charge is 2.21. The van der Waals surface area contributed by atoms with Gasteiger partial charge in [-0.3, -0.25) is 4.79 Å². The Kier molecular flexibility index (Phi) is 5.23. The molecule has 26 heavy (non-hydrogen) atoms. The van der Waals surface area contributed by atoms with E-state index in [4.69, 9.17) is 11.6 Å². The molecule has 0 saturated carbocycles. The standard InChI is InChI=1S/C15H17ClN8OS/c1-15(2,3)24-14(20-21-22-24)26-7-13(25)19-11-6-10(16)4-5-12(11)23-9-17-8-18-23/h4-6,8-9H,7H2,1-3H3,(H,19,25). The molecule has 0 fully saturated rings. The molecule has 0 aliphatic heterocycles. The highest BCUT2D eigenvalue weighted by molar-refractivity contribution is 7.99. The molecule has 0 aliphatic carbocycles. The second kappa shape index (κ2) is 7.42. The fraction of sp³-hybridized carbons (Fsp3) is 0.333. The van der Waals surface area contributed by atoms with Gasteiger partial charge in [0.2, 0.25) is 11.1 Å². The minimum absolute atomic E-state index is 0.153. The van der Waals surface area contributed by atoms with E-state index in [-0.39, 0.29) is 17.2 Å². The SMILES string of the molecule is CC(C)(C)n1nnnc1SCC(=O)Nc1cc(Cl)ccc1-n1cncn1. The second-order valence-corrected chi connectivity index (χ2v) is 7.76. The molecule has 0 radical (unpaired) electrons. The first-order valence-electron chi connectivity index (χ1n) is 7.70. The van der Waals surface area contributed by atoms with Crippen LogP contribution in [0, 0.1) is 0 Å². The summed E-state index contributed by atoms with van der Waals surface area (Å²) < 4.78 is 3.24. The van der Waals surface area contributed by atoms with Gasteiger partial charge in [-0.1, -0.05) is 23.4 Å². The van der Waals surface area contributed by atoms with Crippen LogP contribution in [-0.2, 0) is 10.3 Å². The van der Waals surface area contributed by atoms with Gasteiger partial charge in [0.15, 0.2) is 0 Å². The fourth-order valence-corrected chi connectivity index (χ4v) is 3.18. The van der Waals surface area contributed by atoms with E-state index in [1.807, 2.05) is 20.8 Å². The maximum absolute atomic E-state index is 12.4. The molecule has 11 heteroatoms. The summed E-state index contributed by atoms with van der Waals surface area (Å²) in [7, 11) is 0. The van der Waals surface area contributed by atoms with Crippen molar-refractivity contribution in [2.75, 3.05) is 11.1 Å². The molecular weight excluding hydrogens is 376 g/mol. The second-order valence-electron chi connectivity index (χ2n) is 6.38. The molecule has 0 aliphatic rings. The summed E-state index contributed by atoms with van der Waals surface area (Å²) in [6, 6.07) is 5.15. The smallest absolute Gasteiger partial charge is 0.234 e. The maximum atomic E-state index is 12.4. The maximum Gasteiger partial charge on any atom is 0.234 e. The van der Waals surface area contributed by atoms with Gasteiger partial charge in [0.05, 0.1) is 22.7 Å². The van der Waals surface area contributed by atoms with Gasteiger partial charge >= 0.3 is 0 Å². The van der Waals surface area contributed by atoms with Crippen molar-refractivity contribution in [2.45, 2.75) is 31.5 Å². The Labute approximate surface area is 159 Å². The van der Waals surface area contributed by atoms with Crippen LogP contribution in [0.5, 0.6) is 0 Å². The number of aromatic nitrogens is 7. The van der Waals surface area contributed by atoms with Gasteiger partial charge in [-0.15, -0.1) is 5.10 Å². The zero-order valence-corrected chi connectivity index (χ0v) is 16.0. The third-order valence-electron chi connectivity index (χ3n) is 3.31. The average molecular weight is 393 g/mol. The van der Waals surface area contributed by atoms with E-state index in [9.17, 15) is 4.79 Å². The van der Waals surface area contributed by atoms with E-state index in [2.05, 4.69) is 30.9 Å². The normalized spacial score (nSPS) is 11.5. The van der Waals surface area contributed by atoms with Crippen molar-refractivity contribution < 1.29 is 4.79 Å². The molecule has 1 N–H and O–H groups in total. The molecule has 9 nitrogen and oxygen atoms in total. The van der Waals surface area contributed by atoms with Crippen LogP contribution in [0.4, 0.5) is 5.69 Å². The predicted octanol–water partition coefficient (Wildman–Crippen LogP) is 2.39. The van der Waals surface area contributed by atoms with Crippen molar-refractivity contribution >= 4 is 35.0 Å². The van der Waals surface area contributed by atoms with Crippen molar-refractivity contribution in [2.24, 2.45) is 0 Å². The molecule has 1 aromatic carbocycles. The minimum Gasteiger partial charge on any atom is -0.323 e. The van der Waals surface area contributed by atoms with Crippen LogP contribution in [0.25, 0.3) is 5.69 Å². The molecule has 1 amide bonds. The Balaban J connectivity index is 1.72. The summed E-state index contributed by atoms with van der Waals surface area (Å²) in [5.74, 6) is -0.0539. The first kappa shape index (κ1) is 18.3. The average Bonchev–Trinajstić information content (AvgIpc) is 3.24. The number of anilines is 1. The van der Waals surface area contributed by atoms with Gasteiger partial charge in [0.25, 0.3) is 0 Å². The lowest BCUT2D eigenvalue weighted by Crippen LogP contribution is -2.24. The number of rotatable bonds is 5. The monoisotopic (exact) mass is 392 g/mol. The molecule has 2 heterocycles. The number of nitrogens with zero attached hydrogens (tertiary/aromatic N) is 7. The lowest BCUT2D eigenvalue weighted by atomic mass is 10.1. The molecule has 0 bridgehead atoms. The third kappa shape index (κ3) is 4.20. The highest BCUT2D eigenvalue weighted by Crippen LogP contribution is 2.25. The van der Waals surface area contributed by atoms with Gasteiger partial charge in [0.1, 0.15) is 12.7 Å². The van der Waals surface area contributed by atoms with Crippen LogP contribution in [0.15, 0.2) is 36.0 Å². The van der Waals surface area contributed by atoms with Gasteiger partial charge < -0.3 is 5.32 Å². The first-order chi connectivity index (χ1) is 12.3. The molecule has 0 saturated heterocycles. The minimum atomic E-state index is -0.268. The molecule has 0 unspecified atom stereocenters. The van der Waals surface area contributed by atoms with Crippen LogP contribution in [0.2, 0.25) is 5.02 Å². The fourth-order valence-electron chi connectivity index (χ4n) is 2.15. The van der Waals surface area contributed by atoms with Crippen molar-refractivity contribution in [3.05, 3.63) is 35.9 Å². The van der Waals surface area contributed by atoms with E-state index in [0.29, 0.717) is 21.6 Å². The molecule has 136 valence electrons. The molecule has 3 aromatic rings. The van der Waals surface area contributed by atoms with Crippen LogP contribution in [-0.4, -0.2) is 46.6 Å². The summed E-state index contributed by atoms with van der Waals surface area (Å²) in [5, 5.41) is 19.7.